The molecule has 0 saturated heterocycles. The highest BCUT2D eigenvalue weighted by Gasteiger charge is 2.15. The molecule has 0 unspecified atom stereocenters. The Morgan fingerprint density at radius 1 is 0.476 bits per heavy atom. The molecule has 0 spiro atoms. The van der Waals surface area contributed by atoms with Crippen LogP contribution in [-0.2, 0) is 0 Å². The first-order valence-corrected chi connectivity index (χ1v) is 7.56. The zero-order valence-corrected chi connectivity index (χ0v) is 14.6. The van der Waals surface area contributed by atoms with Crippen LogP contribution >= 0.6 is 0 Å². The van der Waals surface area contributed by atoms with Crippen LogP contribution in [0.5, 0.6) is 11.5 Å². The molecule has 0 aliphatic rings. The van der Waals surface area contributed by atoms with Crippen LogP contribution < -0.4 is 4.74 Å². The van der Waals surface area contributed by atoms with E-state index < -0.39 is 0 Å². The van der Waals surface area contributed by atoms with Gasteiger partial charge in [0.05, 0.1) is 0 Å². The van der Waals surface area contributed by atoms with Gasteiger partial charge in [0.15, 0.2) is 0 Å². The molecule has 2 aromatic rings. The molecule has 0 radical (unpaired) electrons. The first-order valence-electron chi connectivity index (χ1n) is 7.56. The Kier molecular flexibility index (Phi) is 4.13. The third-order valence-electron chi connectivity index (χ3n) is 4.80. The van der Waals surface area contributed by atoms with Crippen molar-refractivity contribution < 1.29 is 4.74 Å². The summed E-state index contributed by atoms with van der Waals surface area (Å²) in [6, 6.07) is 4.47. The van der Waals surface area contributed by atoms with Gasteiger partial charge in [-0.3, -0.25) is 0 Å². The Labute approximate surface area is 129 Å². The van der Waals surface area contributed by atoms with Crippen LogP contribution in [0.1, 0.15) is 44.5 Å². The standard InChI is InChI=1S/C20H26O/c1-11-9-12(2)16(6)19(15(11)5)21-20-17(7)13(3)10-14(4)18(20)8/h9-10H,1-8H3. The molecule has 1 nitrogen and oxygen atoms in total. The third kappa shape index (κ3) is 2.70. The maximum atomic E-state index is 6.42. The lowest BCUT2D eigenvalue weighted by Gasteiger charge is -2.20. The van der Waals surface area contributed by atoms with E-state index >= 15 is 0 Å². The zero-order valence-electron chi connectivity index (χ0n) is 14.6. The third-order valence-corrected chi connectivity index (χ3v) is 4.80. The van der Waals surface area contributed by atoms with Gasteiger partial charge in [-0.25, -0.2) is 0 Å². The average molecular weight is 282 g/mol. The minimum Gasteiger partial charge on any atom is -0.456 e. The van der Waals surface area contributed by atoms with Crippen molar-refractivity contribution in [1.29, 1.82) is 0 Å². The second-order valence-corrected chi connectivity index (χ2v) is 6.28. The average Bonchev–Trinajstić information content (AvgIpc) is 2.42. The van der Waals surface area contributed by atoms with Crippen LogP contribution in [-0.4, -0.2) is 0 Å². The topological polar surface area (TPSA) is 9.23 Å². The normalized spacial score (nSPS) is 10.9. The maximum absolute atomic E-state index is 6.42. The largest absolute Gasteiger partial charge is 0.456 e. The highest BCUT2D eigenvalue weighted by atomic mass is 16.5. The fraction of sp³-hybridized carbons (Fsp3) is 0.400. The summed E-state index contributed by atoms with van der Waals surface area (Å²) in [6.07, 6.45) is 0. The second-order valence-electron chi connectivity index (χ2n) is 6.28. The summed E-state index contributed by atoms with van der Waals surface area (Å²) in [6.45, 7) is 17.2. The fourth-order valence-electron chi connectivity index (χ4n) is 2.77. The van der Waals surface area contributed by atoms with E-state index in [1.165, 1.54) is 44.5 Å². The minimum atomic E-state index is 1.02. The Morgan fingerprint density at radius 2 is 0.714 bits per heavy atom. The SMILES string of the molecule is Cc1cc(C)c(C)c(Oc2c(C)c(C)cc(C)c2C)c1C. The van der Waals surface area contributed by atoms with Crippen molar-refractivity contribution in [2.75, 3.05) is 0 Å². The van der Waals surface area contributed by atoms with Gasteiger partial charge in [0.1, 0.15) is 11.5 Å². The van der Waals surface area contributed by atoms with Crippen molar-refractivity contribution in [1.82, 2.24) is 0 Å². The van der Waals surface area contributed by atoms with Crippen molar-refractivity contribution in [2.24, 2.45) is 0 Å². The van der Waals surface area contributed by atoms with Crippen LogP contribution in [0.3, 0.4) is 0 Å². The predicted molar refractivity (Wildman–Crippen MR) is 90.9 cm³/mol. The number of aryl methyl sites for hydroxylation is 4. The molecular formula is C20H26O. The molecule has 0 amide bonds. The molecule has 0 aliphatic heterocycles. The Hall–Kier alpha value is -1.76. The first kappa shape index (κ1) is 15.6. The summed E-state index contributed by atoms with van der Waals surface area (Å²) in [5.41, 5.74) is 10.1. The molecule has 0 aromatic heterocycles. The summed E-state index contributed by atoms with van der Waals surface area (Å²) in [7, 11) is 0. The van der Waals surface area contributed by atoms with E-state index in [0.717, 1.165) is 11.5 Å². The molecule has 0 heterocycles. The molecule has 0 aliphatic carbocycles. The Morgan fingerprint density at radius 3 is 0.952 bits per heavy atom. The van der Waals surface area contributed by atoms with Crippen molar-refractivity contribution >= 4 is 0 Å². The van der Waals surface area contributed by atoms with Gasteiger partial charge >= 0.3 is 0 Å². The van der Waals surface area contributed by atoms with Gasteiger partial charge < -0.3 is 4.74 Å². The monoisotopic (exact) mass is 282 g/mol. The van der Waals surface area contributed by atoms with E-state index in [4.69, 9.17) is 4.74 Å². The van der Waals surface area contributed by atoms with Crippen molar-refractivity contribution in [3.05, 3.63) is 56.6 Å². The van der Waals surface area contributed by atoms with Gasteiger partial charge in [0, 0.05) is 0 Å². The molecule has 0 atom stereocenters. The molecule has 0 saturated carbocycles. The van der Waals surface area contributed by atoms with Crippen molar-refractivity contribution in [2.45, 2.75) is 55.4 Å². The Bertz CT molecular complexity index is 595. The summed E-state index contributed by atoms with van der Waals surface area (Å²) in [5.74, 6) is 2.03. The molecule has 112 valence electrons. The van der Waals surface area contributed by atoms with E-state index in [1.807, 2.05) is 0 Å². The summed E-state index contributed by atoms with van der Waals surface area (Å²) >= 11 is 0. The molecular weight excluding hydrogens is 256 g/mol. The lowest BCUT2D eigenvalue weighted by atomic mass is 9.98. The van der Waals surface area contributed by atoms with Crippen molar-refractivity contribution in [3.8, 4) is 11.5 Å². The number of rotatable bonds is 2. The highest BCUT2D eigenvalue weighted by molar-refractivity contribution is 5.55. The van der Waals surface area contributed by atoms with Crippen molar-refractivity contribution in [3.63, 3.8) is 0 Å². The summed E-state index contributed by atoms with van der Waals surface area (Å²) < 4.78 is 6.42. The lowest BCUT2D eigenvalue weighted by Crippen LogP contribution is -2.01. The van der Waals surface area contributed by atoms with E-state index in [0.29, 0.717) is 0 Å². The van der Waals surface area contributed by atoms with E-state index in [9.17, 15) is 0 Å². The molecule has 1 heteroatoms. The second kappa shape index (κ2) is 5.55. The summed E-state index contributed by atoms with van der Waals surface area (Å²) in [5, 5.41) is 0. The number of hydrogen-bond donors (Lipinski definition) is 0. The minimum absolute atomic E-state index is 1.02. The fourth-order valence-corrected chi connectivity index (χ4v) is 2.77. The van der Waals surface area contributed by atoms with E-state index in [-0.39, 0.29) is 0 Å². The van der Waals surface area contributed by atoms with Gasteiger partial charge in [-0.2, -0.15) is 0 Å². The number of hydrogen-bond acceptors (Lipinski definition) is 1. The lowest BCUT2D eigenvalue weighted by molar-refractivity contribution is 0.465. The van der Waals surface area contributed by atoms with Gasteiger partial charge in [-0.1, -0.05) is 12.1 Å². The van der Waals surface area contributed by atoms with E-state index in [2.05, 4.69) is 67.5 Å². The van der Waals surface area contributed by atoms with Gasteiger partial charge in [0.2, 0.25) is 0 Å². The molecule has 0 N–H and O–H groups in total. The quantitative estimate of drug-likeness (QED) is 0.661. The number of ether oxygens (including phenoxy) is 1. The number of benzene rings is 2. The van der Waals surface area contributed by atoms with Gasteiger partial charge in [-0.15, -0.1) is 0 Å². The molecule has 21 heavy (non-hydrogen) atoms. The zero-order chi connectivity index (χ0) is 15.9. The van der Waals surface area contributed by atoms with Crippen LogP contribution in [0.2, 0.25) is 0 Å². The van der Waals surface area contributed by atoms with Crippen LogP contribution in [0.4, 0.5) is 0 Å². The van der Waals surface area contributed by atoms with Crippen LogP contribution in [0.15, 0.2) is 12.1 Å². The predicted octanol–water partition coefficient (Wildman–Crippen LogP) is 5.95. The first-order chi connectivity index (χ1) is 9.73. The summed E-state index contributed by atoms with van der Waals surface area (Å²) in [4.78, 5) is 0. The van der Waals surface area contributed by atoms with Gasteiger partial charge in [0.25, 0.3) is 0 Å². The molecule has 2 aromatic carbocycles. The van der Waals surface area contributed by atoms with Crippen LogP contribution in [0.25, 0.3) is 0 Å². The van der Waals surface area contributed by atoms with E-state index in [1.54, 1.807) is 0 Å². The smallest absolute Gasteiger partial charge is 0.133 e. The Balaban J connectivity index is 2.64. The molecule has 0 fully saturated rings. The van der Waals surface area contributed by atoms with Crippen LogP contribution in [0, 0.1) is 55.4 Å². The molecule has 2 rings (SSSR count). The molecule has 0 bridgehead atoms. The highest BCUT2D eigenvalue weighted by Crippen LogP contribution is 2.37. The maximum Gasteiger partial charge on any atom is 0.133 e. The van der Waals surface area contributed by atoms with Gasteiger partial charge in [-0.05, 0) is 99.9 Å².